The van der Waals surface area contributed by atoms with Crippen molar-refractivity contribution in [1.82, 2.24) is 9.97 Å². The number of hydrogen-bond donors (Lipinski definition) is 0. The standard InChI is InChI=1S/C42H31N3.Pt/c1-30-22-24-43-40(26-30)34-16-9-18-36(28-34)45(37-19-10-17-35(29-37)41-27-31(2)23-25-44-41)42-38(32-12-5-3-6-13-32)20-11-21-39(42)33-14-7-4-8-15-33;/h3-27H,1-2H3;/q-2;+2. The van der Waals surface area contributed by atoms with Crippen LogP contribution in [0.25, 0.3) is 44.8 Å². The molecule has 2 heterocycles. The number of benzene rings is 5. The number of pyridine rings is 2. The van der Waals surface area contributed by atoms with Gasteiger partial charge in [-0.05, 0) is 59.9 Å². The second-order valence-corrected chi connectivity index (χ2v) is 11.1. The van der Waals surface area contributed by atoms with Gasteiger partial charge in [-0.3, -0.25) is 0 Å². The van der Waals surface area contributed by atoms with Crippen molar-refractivity contribution in [2.24, 2.45) is 0 Å². The molecule has 0 radical (unpaired) electrons. The van der Waals surface area contributed by atoms with Crippen molar-refractivity contribution >= 4 is 17.1 Å². The molecule has 0 N–H and O–H groups in total. The Labute approximate surface area is 285 Å². The third kappa shape index (κ3) is 6.47. The van der Waals surface area contributed by atoms with Crippen LogP contribution in [0.4, 0.5) is 17.1 Å². The Morgan fingerprint density at radius 3 is 1.35 bits per heavy atom. The van der Waals surface area contributed by atoms with E-state index in [1.807, 2.05) is 24.5 Å². The third-order valence-corrected chi connectivity index (χ3v) is 7.85. The smallest absolute Gasteiger partial charge is 0.345 e. The molecule has 0 aliphatic carbocycles. The van der Waals surface area contributed by atoms with Crippen molar-refractivity contribution in [2.45, 2.75) is 13.8 Å². The fourth-order valence-corrected chi connectivity index (χ4v) is 5.70. The molecule has 224 valence electrons. The Balaban J connectivity index is 0.00000372. The predicted molar refractivity (Wildman–Crippen MR) is 186 cm³/mol. The molecule has 0 atom stereocenters. The summed E-state index contributed by atoms with van der Waals surface area (Å²) in [6.07, 6.45) is 3.71. The third-order valence-electron chi connectivity index (χ3n) is 7.85. The van der Waals surface area contributed by atoms with Gasteiger partial charge in [0.1, 0.15) is 0 Å². The van der Waals surface area contributed by atoms with Gasteiger partial charge in [0.15, 0.2) is 0 Å². The quantitative estimate of drug-likeness (QED) is 0.151. The summed E-state index contributed by atoms with van der Waals surface area (Å²) in [5, 5.41) is 0. The number of nitrogens with zero attached hydrogens (tertiary/aromatic N) is 3. The molecule has 46 heavy (non-hydrogen) atoms. The summed E-state index contributed by atoms with van der Waals surface area (Å²) < 4.78 is 0. The van der Waals surface area contributed by atoms with Crippen LogP contribution in [-0.2, 0) is 21.1 Å². The van der Waals surface area contributed by atoms with Crippen LogP contribution in [-0.4, -0.2) is 9.97 Å². The van der Waals surface area contributed by atoms with E-state index in [2.05, 4.69) is 168 Å². The predicted octanol–water partition coefficient (Wildman–Crippen LogP) is 10.8. The molecule has 0 fully saturated rings. The van der Waals surface area contributed by atoms with Crippen molar-refractivity contribution in [3.8, 4) is 44.8 Å². The molecule has 7 rings (SSSR count). The maximum atomic E-state index is 4.68. The van der Waals surface area contributed by atoms with Crippen LogP contribution in [0, 0.1) is 26.0 Å². The van der Waals surface area contributed by atoms with Crippen molar-refractivity contribution in [1.29, 1.82) is 0 Å². The molecule has 7 aromatic rings. The fourth-order valence-electron chi connectivity index (χ4n) is 5.70. The van der Waals surface area contributed by atoms with Gasteiger partial charge in [0, 0.05) is 23.5 Å². The van der Waals surface area contributed by atoms with Crippen LogP contribution >= 0.6 is 0 Å². The van der Waals surface area contributed by atoms with Crippen LogP contribution in [0.1, 0.15) is 11.1 Å². The van der Waals surface area contributed by atoms with Crippen LogP contribution in [0.2, 0.25) is 0 Å². The Hall–Kier alpha value is -5.11. The molecular weight excluding hydrogens is 742 g/mol. The maximum absolute atomic E-state index is 4.68. The van der Waals surface area contributed by atoms with Gasteiger partial charge in [-0.15, -0.1) is 59.7 Å². The topological polar surface area (TPSA) is 29.0 Å². The minimum absolute atomic E-state index is 0. The average Bonchev–Trinajstić information content (AvgIpc) is 3.09. The van der Waals surface area contributed by atoms with E-state index in [4.69, 9.17) is 0 Å². The van der Waals surface area contributed by atoms with Gasteiger partial charge < -0.3 is 14.9 Å². The first-order valence-corrected chi connectivity index (χ1v) is 15.1. The molecule has 0 unspecified atom stereocenters. The fraction of sp³-hybridized carbons (Fsp3) is 0.0476. The molecule has 3 nitrogen and oxygen atoms in total. The van der Waals surface area contributed by atoms with E-state index >= 15 is 0 Å². The monoisotopic (exact) mass is 772 g/mol. The van der Waals surface area contributed by atoms with Crippen molar-refractivity contribution < 1.29 is 21.1 Å². The van der Waals surface area contributed by atoms with Gasteiger partial charge >= 0.3 is 21.1 Å². The van der Waals surface area contributed by atoms with Crippen LogP contribution in [0.3, 0.4) is 0 Å². The van der Waals surface area contributed by atoms with Crippen molar-refractivity contribution in [3.05, 3.63) is 175 Å². The first kappa shape index (κ1) is 30.9. The summed E-state index contributed by atoms with van der Waals surface area (Å²) in [6, 6.07) is 55.9. The summed E-state index contributed by atoms with van der Waals surface area (Å²) in [7, 11) is 0. The molecule has 0 saturated carbocycles. The van der Waals surface area contributed by atoms with Gasteiger partial charge in [-0.1, -0.05) is 102 Å². The second kappa shape index (κ2) is 13.9. The van der Waals surface area contributed by atoms with Gasteiger partial charge in [0.2, 0.25) is 0 Å². The first-order valence-electron chi connectivity index (χ1n) is 15.1. The Morgan fingerprint density at radius 2 is 0.913 bits per heavy atom. The summed E-state index contributed by atoms with van der Waals surface area (Å²) in [5.41, 5.74) is 13.2. The zero-order valence-corrected chi connectivity index (χ0v) is 27.9. The van der Waals surface area contributed by atoms with E-state index < -0.39 is 0 Å². The first-order chi connectivity index (χ1) is 22.1. The SMILES string of the molecule is Cc1ccnc(-c2[c-]c(N(c3[c-]c(-c4cc(C)ccn4)ccc3)c3c(-c4ccccc4)cccc3-c3ccccc3)ccc2)c1.[Pt+2]. The van der Waals surface area contributed by atoms with Gasteiger partial charge in [0.25, 0.3) is 0 Å². The van der Waals surface area contributed by atoms with Gasteiger partial charge in [0.05, 0.1) is 5.69 Å². The normalized spacial score (nSPS) is 10.7. The molecule has 0 saturated heterocycles. The molecule has 0 amide bonds. The van der Waals surface area contributed by atoms with Crippen molar-refractivity contribution in [3.63, 3.8) is 0 Å². The molecular formula is C42H31N3Pt. The molecule has 0 aliphatic heterocycles. The summed E-state index contributed by atoms with van der Waals surface area (Å²) in [6.45, 7) is 4.17. The van der Waals surface area contributed by atoms with E-state index in [0.717, 1.165) is 73.0 Å². The summed E-state index contributed by atoms with van der Waals surface area (Å²) in [4.78, 5) is 11.6. The molecule has 0 bridgehead atoms. The van der Waals surface area contributed by atoms with E-state index in [1.54, 1.807) is 0 Å². The Kier molecular flexibility index (Phi) is 9.33. The number of anilines is 3. The Morgan fingerprint density at radius 1 is 0.478 bits per heavy atom. The van der Waals surface area contributed by atoms with Gasteiger partial charge in [-0.25, -0.2) is 0 Å². The molecule has 0 aliphatic rings. The number of hydrogen-bond acceptors (Lipinski definition) is 3. The minimum Gasteiger partial charge on any atom is -0.345 e. The van der Waals surface area contributed by atoms with Gasteiger partial charge in [-0.2, -0.15) is 0 Å². The number of aryl methyl sites for hydroxylation is 2. The Bertz CT molecular complexity index is 1940. The average molecular weight is 773 g/mol. The summed E-state index contributed by atoms with van der Waals surface area (Å²) in [5.74, 6) is 0. The molecule has 5 aromatic carbocycles. The number of rotatable bonds is 7. The van der Waals surface area contributed by atoms with Crippen LogP contribution < -0.4 is 4.90 Å². The van der Waals surface area contributed by atoms with Crippen LogP contribution in [0.5, 0.6) is 0 Å². The maximum Gasteiger partial charge on any atom is 2.00 e. The van der Waals surface area contributed by atoms with E-state index in [0.29, 0.717) is 0 Å². The summed E-state index contributed by atoms with van der Waals surface area (Å²) >= 11 is 0. The zero-order chi connectivity index (χ0) is 30.6. The second-order valence-electron chi connectivity index (χ2n) is 11.1. The zero-order valence-electron chi connectivity index (χ0n) is 25.6. The van der Waals surface area contributed by atoms with E-state index in [9.17, 15) is 0 Å². The van der Waals surface area contributed by atoms with Crippen LogP contribution in [0.15, 0.2) is 152 Å². The van der Waals surface area contributed by atoms with E-state index in [-0.39, 0.29) is 21.1 Å². The number of para-hydroxylation sites is 1. The molecule has 0 spiro atoms. The molecule has 4 heteroatoms. The number of aromatic nitrogens is 2. The minimum atomic E-state index is 0. The molecule has 2 aromatic heterocycles. The largest absolute Gasteiger partial charge is 2.00 e. The van der Waals surface area contributed by atoms with E-state index in [1.165, 1.54) is 0 Å². The van der Waals surface area contributed by atoms with Crippen molar-refractivity contribution in [2.75, 3.05) is 4.90 Å².